The fourth-order valence-corrected chi connectivity index (χ4v) is 3.48. The van der Waals surface area contributed by atoms with E-state index in [4.69, 9.17) is 0 Å². The van der Waals surface area contributed by atoms with Gasteiger partial charge in [0.2, 0.25) is 0 Å². The van der Waals surface area contributed by atoms with Gasteiger partial charge >= 0.3 is 0 Å². The van der Waals surface area contributed by atoms with Gasteiger partial charge in [-0.1, -0.05) is 37.3 Å². The highest BCUT2D eigenvalue weighted by Gasteiger charge is 2.31. The van der Waals surface area contributed by atoms with Crippen molar-refractivity contribution in [3.8, 4) is 0 Å². The molecule has 0 spiro atoms. The van der Waals surface area contributed by atoms with Crippen LogP contribution in [0.3, 0.4) is 0 Å². The lowest BCUT2D eigenvalue weighted by Gasteiger charge is -2.44. The first-order valence-corrected chi connectivity index (χ1v) is 7.54. The summed E-state index contributed by atoms with van der Waals surface area (Å²) in [6.07, 6.45) is 3.16. The Morgan fingerprint density at radius 1 is 1.21 bits per heavy atom. The van der Waals surface area contributed by atoms with Crippen LogP contribution in [0.25, 0.3) is 0 Å². The van der Waals surface area contributed by atoms with E-state index in [-0.39, 0.29) is 6.10 Å². The van der Waals surface area contributed by atoms with Gasteiger partial charge in [-0.3, -0.25) is 4.90 Å². The summed E-state index contributed by atoms with van der Waals surface area (Å²) in [4.78, 5) is 2.59. The molecule has 1 N–H and O–H groups in total. The van der Waals surface area contributed by atoms with Crippen molar-refractivity contribution in [3.63, 3.8) is 0 Å². The van der Waals surface area contributed by atoms with Crippen molar-refractivity contribution in [2.75, 3.05) is 0 Å². The van der Waals surface area contributed by atoms with Gasteiger partial charge in [-0.2, -0.15) is 0 Å². The van der Waals surface area contributed by atoms with Crippen LogP contribution in [0.5, 0.6) is 0 Å². The first-order valence-electron chi connectivity index (χ1n) is 7.54. The van der Waals surface area contributed by atoms with Crippen LogP contribution in [-0.4, -0.2) is 28.2 Å². The molecule has 2 rings (SSSR count). The van der Waals surface area contributed by atoms with E-state index in [1.165, 1.54) is 18.4 Å². The van der Waals surface area contributed by atoms with Crippen LogP contribution in [-0.2, 0) is 6.54 Å². The molecule has 1 aromatic rings. The van der Waals surface area contributed by atoms with E-state index < -0.39 is 0 Å². The van der Waals surface area contributed by atoms with Gasteiger partial charge in [-0.05, 0) is 44.6 Å². The Kier molecular flexibility index (Phi) is 5.00. The fourth-order valence-electron chi connectivity index (χ4n) is 3.48. The van der Waals surface area contributed by atoms with Gasteiger partial charge in [0.25, 0.3) is 0 Å². The molecule has 4 unspecified atom stereocenters. The number of rotatable bonds is 4. The maximum atomic E-state index is 9.73. The lowest BCUT2D eigenvalue weighted by atomic mass is 9.85. The molecule has 106 valence electrons. The average molecular weight is 261 g/mol. The summed E-state index contributed by atoms with van der Waals surface area (Å²) >= 11 is 0. The predicted molar refractivity (Wildman–Crippen MR) is 79.9 cm³/mol. The summed E-state index contributed by atoms with van der Waals surface area (Å²) in [7, 11) is 0. The van der Waals surface area contributed by atoms with Gasteiger partial charge in [-0.15, -0.1) is 0 Å². The summed E-state index contributed by atoms with van der Waals surface area (Å²) in [5.74, 6) is 0.769. The number of nitrogens with zero attached hydrogens (tertiary/aromatic N) is 1. The maximum absolute atomic E-state index is 9.73. The molecular formula is C17H27NO. The van der Waals surface area contributed by atoms with E-state index in [9.17, 15) is 5.11 Å². The first kappa shape index (κ1) is 14.5. The SMILES string of the molecule is CC(O)CC1CC(C)CC(C)N1Cc1ccccc1. The van der Waals surface area contributed by atoms with Crippen molar-refractivity contribution in [2.24, 2.45) is 5.92 Å². The van der Waals surface area contributed by atoms with Gasteiger partial charge in [0.05, 0.1) is 6.10 Å². The van der Waals surface area contributed by atoms with Gasteiger partial charge in [0, 0.05) is 18.6 Å². The molecule has 1 saturated heterocycles. The van der Waals surface area contributed by atoms with E-state index in [0.717, 1.165) is 18.9 Å². The van der Waals surface area contributed by atoms with E-state index in [2.05, 4.69) is 49.1 Å². The number of aliphatic hydroxyl groups excluding tert-OH is 1. The molecule has 4 atom stereocenters. The minimum atomic E-state index is -0.208. The molecule has 0 amide bonds. The molecule has 2 nitrogen and oxygen atoms in total. The zero-order valence-electron chi connectivity index (χ0n) is 12.4. The standard InChI is InChI=1S/C17H27NO/c1-13-9-14(2)18(17(10-13)11-15(3)19)12-16-7-5-4-6-8-16/h4-8,13-15,17,19H,9-12H2,1-3H3. The fraction of sp³-hybridized carbons (Fsp3) is 0.647. The van der Waals surface area contributed by atoms with E-state index in [0.29, 0.717) is 12.1 Å². The third-order valence-electron chi connectivity index (χ3n) is 4.27. The lowest BCUT2D eigenvalue weighted by Crippen LogP contribution is -2.48. The molecule has 1 aliphatic rings. The molecule has 1 fully saturated rings. The van der Waals surface area contributed by atoms with Crippen molar-refractivity contribution in [1.82, 2.24) is 4.90 Å². The average Bonchev–Trinajstić information content (AvgIpc) is 2.34. The van der Waals surface area contributed by atoms with Crippen molar-refractivity contribution >= 4 is 0 Å². The number of aliphatic hydroxyl groups is 1. The minimum Gasteiger partial charge on any atom is -0.393 e. The van der Waals surface area contributed by atoms with Crippen LogP contribution < -0.4 is 0 Å². The van der Waals surface area contributed by atoms with Crippen LogP contribution in [0.1, 0.15) is 45.6 Å². The molecule has 0 bridgehead atoms. The monoisotopic (exact) mass is 261 g/mol. The number of piperidine rings is 1. The number of hydrogen-bond donors (Lipinski definition) is 1. The Bertz CT molecular complexity index is 374. The van der Waals surface area contributed by atoms with E-state index in [1.807, 2.05) is 6.92 Å². The van der Waals surface area contributed by atoms with Crippen molar-refractivity contribution in [1.29, 1.82) is 0 Å². The van der Waals surface area contributed by atoms with Crippen molar-refractivity contribution < 1.29 is 5.11 Å². The van der Waals surface area contributed by atoms with Gasteiger partial charge in [-0.25, -0.2) is 0 Å². The second-order valence-corrected chi connectivity index (χ2v) is 6.32. The number of likely N-dealkylation sites (tertiary alicyclic amines) is 1. The molecule has 1 heterocycles. The highest BCUT2D eigenvalue weighted by molar-refractivity contribution is 5.15. The number of hydrogen-bond acceptors (Lipinski definition) is 2. The number of benzene rings is 1. The summed E-state index contributed by atoms with van der Waals surface area (Å²) in [5, 5.41) is 9.73. The lowest BCUT2D eigenvalue weighted by molar-refractivity contribution is 0.0279. The molecular weight excluding hydrogens is 234 g/mol. The van der Waals surface area contributed by atoms with Gasteiger partial charge in [0.15, 0.2) is 0 Å². The molecule has 1 aromatic carbocycles. The molecule has 2 heteroatoms. The summed E-state index contributed by atoms with van der Waals surface area (Å²) < 4.78 is 0. The molecule has 0 aliphatic carbocycles. The summed E-state index contributed by atoms with van der Waals surface area (Å²) in [6.45, 7) is 7.58. The highest BCUT2D eigenvalue weighted by atomic mass is 16.3. The Hall–Kier alpha value is -0.860. The van der Waals surface area contributed by atoms with Crippen LogP contribution in [0, 0.1) is 5.92 Å². The van der Waals surface area contributed by atoms with Crippen LogP contribution in [0.4, 0.5) is 0 Å². The largest absolute Gasteiger partial charge is 0.393 e. The third-order valence-corrected chi connectivity index (χ3v) is 4.27. The zero-order valence-corrected chi connectivity index (χ0v) is 12.4. The third kappa shape index (κ3) is 4.05. The van der Waals surface area contributed by atoms with Crippen LogP contribution in [0.2, 0.25) is 0 Å². The summed E-state index contributed by atoms with van der Waals surface area (Å²) in [5.41, 5.74) is 1.37. The second-order valence-electron chi connectivity index (χ2n) is 6.32. The van der Waals surface area contributed by atoms with E-state index >= 15 is 0 Å². The first-order chi connectivity index (χ1) is 9.06. The molecule has 1 aliphatic heterocycles. The molecule has 19 heavy (non-hydrogen) atoms. The Morgan fingerprint density at radius 2 is 1.89 bits per heavy atom. The van der Waals surface area contributed by atoms with E-state index in [1.54, 1.807) is 0 Å². The maximum Gasteiger partial charge on any atom is 0.0527 e. The minimum absolute atomic E-state index is 0.208. The topological polar surface area (TPSA) is 23.5 Å². The summed E-state index contributed by atoms with van der Waals surface area (Å²) in [6, 6.07) is 11.8. The van der Waals surface area contributed by atoms with Crippen LogP contribution >= 0.6 is 0 Å². The smallest absolute Gasteiger partial charge is 0.0527 e. The quantitative estimate of drug-likeness (QED) is 0.897. The Labute approximate surface area is 117 Å². The molecule has 0 saturated carbocycles. The van der Waals surface area contributed by atoms with Crippen molar-refractivity contribution in [2.45, 2.75) is 64.8 Å². The predicted octanol–water partition coefficient (Wildman–Crippen LogP) is 3.45. The second kappa shape index (κ2) is 6.53. The van der Waals surface area contributed by atoms with Gasteiger partial charge < -0.3 is 5.11 Å². The Morgan fingerprint density at radius 3 is 2.53 bits per heavy atom. The molecule has 0 radical (unpaired) electrons. The van der Waals surface area contributed by atoms with Crippen LogP contribution in [0.15, 0.2) is 30.3 Å². The normalized spacial score (nSPS) is 30.2. The molecule has 0 aromatic heterocycles. The Balaban J connectivity index is 2.09. The zero-order chi connectivity index (χ0) is 13.8. The van der Waals surface area contributed by atoms with Crippen molar-refractivity contribution in [3.05, 3.63) is 35.9 Å². The van der Waals surface area contributed by atoms with Gasteiger partial charge in [0.1, 0.15) is 0 Å². The highest BCUT2D eigenvalue weighted by Crippen LogP contribution is 2.31.